The molecule has 0 bridgehead atoms. The molecular weight excluding hydrogens is 222 g/mol. The van der Waals surface area contributed by atoms with Crippen molar-refractivity contribution >= 4 is 11.8 Å². The molecule has 2 amide bonds. The lowest BCUT2D eigenvalue weighted by molar-refractivity contribution is -0.133. The number of carbonyl (C=O) groups is 2. The molecular formula is C10H15N5O2. The maximum Gasteiger partial charge on any atom is 0.294 e. The molecule has 1 aliphatic rings. The van der Waals surface area contributed by atoms with Crippen molar-refractivity contribution < 1.29 is 9.59 Å². The Morgan fingerprint density at radius 1 is 1.47 bits per heavy atom. The largest absolute Gasteiger partial charge is 0.342 e. The van der Waals surface area contributed by atoms with Crippen LogP contribution in [0.25, 0.3) is 0 Å². The zero-order chi connectivity index (χ0) is 12.4. The molecule has 7 nitrogen and oxygen atoms in total. The monoisotopic (exact) mass is 237 g/mol. The van der Waals surface area contributed by atoms with Crippen LogP contribution < -0.4 is 0 Å². The van der Waals surface area contributed by atoms with Gasteiger partial charge in [0, 0.05) is 26.6 Å². The van der Waals surface area contributed by atoms with Crippen molar-refractivity contribution in [1.29, 1.82) is 0 Å². The smallest absolute Gasteiger partial charge is 0.294 e. The van der Waals surface area contributed by atoms with Crippen LogP contribution in [0, 0.1) is 0 Å². The first-order chi connectivity index (χ1) is 8.11. The number of hydrogen-bond donors (Lipinski definition) is 1. The average Bonchev–Trinajstić information content (AvgIpc) is 2.80. The number of carbonyl (C=O) groups excluding carboxylic acids is 2. The molecule has 0 unspecified atom stereocenters. The van der Waals surface area contributed by atoms with Crippen LogP contribution in [-0.2, 0) is 11.2 Å². The van der Waals surface area contributed by atoms with Gasteiger partial charge in [0.15, 0.2) is 0 Å². The zero-order valence-corrected chi connectivity index (χ0v) is 9.93. The standard InChI is InChI=1S/C10H15N5O2/c1-3-7-11-9(13-12-7)10(17)15-5-4-14(2)8(16)6-15/h3-6H2,1-2H3,(H,11,12,13). The highest BCUT2D eigenvalue weighted by Gasteiger charge is 2.27. The van der Waals surface area contributed by atoms with Crippen LogP contribution in [0.5, 0.6) is 0 Å². The molecule has 92 valence electrons. The maximum absolute atomic E-state index is 12.0. The van der Waals surface area contributed by atoms with Crippen molar-refractivity contribution in [3.63, 3.8) is 0 Å². The van der Waals surface area contributed by atoms with Gasteiger partial charge in [0.1, 0.15) is 12.4 Å². The van der Waals surface area contributed by atoms with Gasteiger partial charge in [0.25, 0.3) is 5.91 Å². The summed E-state index contributed by atoms with van der Waals surface area (Å²) >= 11 is 0. The van der Waals surface area contributed by atoms with Crippen molar-refractivity contribution in [3.05, 3.63) is 11.6 Å². The van der Waals surface area contributed by atoms with Crippen LogP contribution in [0.3, 0.4) is 0 Å². The van der Waals surface area contributed by atoms with E-state index >= 15 is 0 Å². The molecule has 1 aromatic rings. The second kappa shape index (κ2) is 4.52. The van der Waals surface area contributed by atoms with Crippen molar-refractivity contribution in [2.24, 2.45) is 0 Å². The number of aryl methyl sites for hydroxylation is 1. The van der Waals surface area contributed by atoms with Gasteiger partial charge in [-0.15, -0.1) is 5.10 Å². The van der Waals surface area contributed by atoms with E-state index < -0.39 is 0 Å². The van der Waals surface area contributed by atoms with Crippen LogP contribution in [0.1, 0.15) is 23.4 Å². The molecule has 0 aliphatic carbocycles. The number of nitrogens with zero attached hydrogens (tertiary/aromatic N) is 4. The van der Waals surface area contributed by atoms with E-state index in [1.54, 1.807) is 11.9 Å². The van der Waals surface area contributed by atoms with Crippen molar-refractivity contribution in [2.45, 2.75) is 13.3 Å². The lowest BCUT2D eigenvalue weighted by atomic mass is 10.3. The van der Waals surface area contributed by atoms with Gasteiger partial charge in [0.2, 0.25) is 11.7 Å². The molecule has 2 heterocycles. The van der Waals surface area contributed by atoms with E-state index in [1.807, 2.05) is 6.92 Å². The van der Waals surface area contributed by atoms with Crippen molar-refractivity contribution in [1.82, 2.24) is 25.0 Å². The second-order valence-electron chi connectivity index (χ2n) is 4.00. The third kappa shape index (κ3) is 2.27. The highest BCUT2D eigenvalue weighted by molar-refractivity contribution is 5.94. The Bertz CT molecular complexity index is 442. The molecule has 1 N–H and O–H groups in total. The van der Waals surface area contributed by atoms with Gasteiger partial charge in [-0.25, -0.2) is 4.98 Å². The summed E-state index contributed by atoms with van der Waals surface area (Å²) in [6.45, 7) is 3.10. The highest BCUT2D eigenvalue weighted by Crippen LogP contribution is 2.05. The maximum atomic E-state index is 12.0. The van der Waals surface area contributed by atoms with E-state index in [0.717, 1.165) is 0 Å². The lowest BCUT2D eigenvalue weighted by Crippen LogP contribution is -2.50. The first-order valence-corrected chi connectivity index (χ1v) is 5.56. The average molecular weight is 237 g/mol. The third-order valence-corrected chi connectivity index (χ3v) is 2.80. The van der Waals surface area contributed by atoms with Crippen LogP contribution in [0.4, 0.5) is 0 Å². The van der Waals surface area contributed by atoms with Crippen LogP contribution in [0.2, 0.25) is 0 Å². The van der Waals surface area contributed by atoms with Gasteiger partial charge in [-0.2, -0.15) is 0 Å². The number of nitrogens with one attached hydrogen (secondary N) is 1. The fourth-order valence-electron chi connectivity index (χ4n) is 1.62. The predicted octanol–water partition coefficient (Wildman–Crippen LogP) is -0.719. The van der Waals surface area contributed by atoms with E-state index in [-0.39, 0.29) is 24.2 Å². The van der Waals surface area contributed by atoms with Gasteiger partial charge >= 0.3 is 0 Å². The van der Waals surface area contributed by atoms with E-state index in [1.165, 1.54) is 4.90 Å². The summed E-state index contributed by atoms with van der Waals surface area (Å²) in [5.74, 6) is 0.464. The fraction of sp³-hybridized carbons (Fsp3) is 0.600. The molecule has 0 radical (unpaired) electrons. The number of aromatic nitrogens is 3. The number of likely N-dealkylation sites (N-methyl/N-ethyl adjacent to an activating group) is 1. The number of aromatic amines is 1. The minimum absolute atomic E-state index is 0.0594. The molecule has 0 aromatic carbocycles. The van der Waals surface area contributed by atoms with Crippen molar-refractivity contribution in [2.75, 3.05) is 26.7 Å². The Labute approximate surface area is 98.8 Å². The second-order valence-corrected chi connectivity index (χ2v) is 4.00. The van der Waals surface area contributed by atoms with E-state index in [0.29, 0.717) is 25.3 Å². The molecule has 0 atom stereocenters. The summed E-state index contributed by atoms with van der Waals surface area (Å²) in [6, 6.07) is 0. The molecule has 1 aliphatic heterocycles. The van der Waals surface area contributed by atoms with Gasteiger partial charge in [0.05, 0.1) is 0 Å². The minimum Gasteiger partial charge on any atom is -0.342 e. The first kappa shape index (κ1) is 11.6. The topological polar surface area (TPSA) is 82.2 Å². The first-order valence-electron chi connectivity index (χ1n) is 5.56. The third-order valence-electron chi connectivity index (χ3n) is 2.80. The molecule has 0 spiro atoms. The summed E-state index contributed by atoms with van der Waals surface area (Å²) in [6.07, 6.45) is 0.696. The van der Waals surface area contributed by atoms with Crippen LogP contribution in [0.15, 0.2) is 0 Å². The number of piperazine rings is 1. The molecule has 1 aromatic heterocycles. The SMILES string of the molecule is CCc1nc(C(=O)N2CCN(C)C(=O)C2)n[nH]1. The minimum atomic E-state index is -0.289. The zero-order valence-electron chi connectivity index (χ0n) is 9.93. The number of hydrogen-bond acceptors (Lipinski definition) is 4. The lowest BCUT2D eigenvalue weighted by Gasteiger charge is -2.31. The normalized spacial score (nSPS) is 16.5. The van der Waals surface area contributed by atoms with Gasteiger partial charge in [-0.1, -0.05) is 6.92 Å². The summed E-state index contributed by atoms with van der Waals surface area (Å²) in [5.41, 5.74) is 0. The molecule has 0 saturated carbocycles. The summed E-state index contributed by atoms with van der Waals surface area (Å²) < 4.78 is 0. The van der Waals surface area contributed by atoms with E-state index in [2.05, 4.69) is 15.2 Å². The molecule has 2 rings (SSSR count). The molecule has 17 heavy (non-hydrogen) atoms. The van der Waals surface area contributed by atoms with Crippen molar-refractivity contribution in [3.8, 4) is 0 Å². The Balaban J connectivity index is 2.07. The Morgan fingerprint density at radius 3 is 2.82 bits per heavy atom. The summed E-state index contributed by atoms with van der Waals surface area (Å²) in [4.78, 5) is 30.6. The quantitative estimate of drug-likeness (QED) is 0.736. The summed E-state index contributed by atoms with van der Waals surface area (Å²) in [5, 5.41) is 6.55. The Kier molecular flexibility index (Phi) is 3.08. The Hall–Kier alpha value is -1.92. The van der Waals surface area contributed by atoms with Gasteiger partial charge in [-0.05, 0) is 0 Å². The van der Waals surface area contributed by atoms with Gasteiger partial charge < -0.3 is 9.80 Å². The predicted molar refractivity (Wildman–Crippen MR) is 59.3 cm³/mol. The fourth-order valence-corrected chi connectivity index (χ4v) is 1.62. The Morgan fingerprint density at radius 2 is 2.24 bits per heavy atom. The molecule has 1 fully saturated rings. The van der Waals surface area contributed by atoms with Gasteiger partial charge in [-0.3, -0.25) is 14.7 Å². The van der Waals surface area contributed by atoms with Crippen LogP contribution in [-0.4, -0.2) is 63.5 Å². The number of H-pyrrole nitrogens is 1. The molecule has 7 heteroatoms. The molecule has 1 saturated heterocycles. The number of amides is 2. The van der Waals surface area contributed by atoms with E-state index in [4.69, 9.17) is 0 Å². The van der Waals surface area contributed by atoms with Crippen LogP contribution >= 0.6 is 0 Å². The highest BCUT2D eigenvalue weighted by atomic mass is 16.2. The summed E-state index contributed by atoms with van der Waals surface area (Å²) in [7, 11) is 1.73. The van der Waals surface area contributed by atoms with E-state index in [9.17, 15) is 9.59 Å². The number of rotatable bonds is 2.